The molecule has 3 N–H and O–H groups in total. The molecule has 2 rings (SSSR count). The second-order valence-corrected chi connectivity index (χ2v) is 4.55. The lowest BCUT2D eigenvalue weighted by atomic mass is 10.0. The lowest BCUT2D eigenvalue weighted by Gasteiger charge is -2.25. The lowest BCUT2D eigenvalue weighted by Crippen LogP contribution is -2.32. The minimum atomic E-state index is -0.236. The molecule has 0 bridgehead atoms. The number of rotatable bonds is 4. The van der Waals surface area contributed by atoms with Crippen LogP contribution in [-0.2, 0) is 0 Å². The van der Waals surface area contributed by atoms with Gasteiger partial charge in [0.15, 0.2) is 0 Å². The van der Waals surface area contributed by atoms with Crippen LogP contribution >= 0.6 is 0 Å². The maximum atomic E-state index is 9.57. The van der Waals surface area contributed by atoms with Gasteiger partial charge >= 0.3 is 0 Å². The van der Waals surface area contributed by atoms with Gasteiger partial charge in [0.05, 0.1) is 18.4 Å². The van der Waals surface area contributed by atoms with E-state index >= 15 is 0 Å². The van der Waals surface area contributed by atoms with Crippen LogP contribution in [-0.4, -0.2) is 35.7 Å². The van der Waals surface area contributed by atoms with Crippen molar-refractivity contribution >= 4 is 0 Å². The SMILES string of the molecule is CC(O)C1CCN(C(CN)c2ccco2)C1. The van der Waals surface area contributed by atoms with E-state index in [0.29, 0.717) is 12.5 Å². The number of hydrogen-bond donors (Lipinski definition) is 2. The molecule has 3 atom stereocenters. The quantitative estimate of drug-likeness (QED) is 0.800. The second kappa shape index (κ2) is 4.99. The molecule has 1 fully saturated rings. The van der Waals surface area contributed by atoms with Gasteiger partial charge in [-0.15, -0.1) is 0 Å². The normalized spacial score (nSPS) is 25.8. The van der Waals surface area contributed by atoms with Gasteiger partial charge in [-0.05, 0) is 37.9 Å². The van der Waals surface area contributed by atoms with Crippen molar-refractivity contribution in [2.45, 2.75) is 25.5 Å². The summed E-state index contributed by atoms with van der Waals surface area (Å²) in [7, 11) is 0. The van der Waals surface area contributed by atoms with Gasteiger partial charge in [-0.2, -0.15) is 0 Å². The third kappa shape index (κ3) is 2.29. The molecule has 1 aromatic heterocycles. The van der Waals surface area contributed by atoms with Crippen molar-refractivity contribution in [3.63, 3.8) is 0 Å². The molecule has 1 aliphatic rings. The third-order valence-electron chi connectivity index (χ3n) is 3.47. The Balaban J connectivity index is 2.02. The van der Waals surface area contributed by atoms with Crippen LogP contribution < -0.4 is 5.73 Å². The molecule has 2 heterocycles. The summed E-state index contributed by atoms with van der Waals surface area (Å²) in [4.78, 5) is 2.30. The smallest absolute Gasteiger partial charge is 0.122 e. The highest BCUT2D eigenvalue weighted by molar-refractivity contribution is 5.06. The Morgan fingerprint density at radius 3 is 3.00 bits per heavy atom. The summed E-state index contributed by atoms with van der Waals surface area (Å²) in [6.07, 6.45) is 2.48. The van der Waals surface area contributed by atoms with Crippen molar-refractivity contribution in [3.8, 4) is 0 Å². The van der Waals surface area contributed by atoms with Crippen molar-refractivity contribution in [1.29, 1.82) is 0 Å². The molecule has 1 aromatic rings. The monoisotopic (exact) mass is 224 g/mol. The summed E-state index contributed by atoms with van der Waals surface area (Å²) >= 11 is 0. The number of aliphatic hydroxyl groups excluding tert-OH is 1. The first kappa shape index (κ1) is 11.6. The minimum Gasteiger partial charge on any atom is -0.468 e. The molecule has 0 aromatic carbocycles. The maximum Gasteiger partial charge on any atom is 0.122 e. The number of nitrogens with two attached hydrogens (primary N) is 1. The van der Waals surface area contributed by atoms with Crippen molar-refractivity contribution in [2.24, 2.45) is 11.7 Å². The number of furan rings is 1. The molecule has 3 unspecified atom stereocenters. The zero-order chi connectivity index (χ0) is 11.5. The molecule has 0 saturated carbocycles. The number of hydrogen-bond acceptors (Lipinski definition) is 4. The molecule has 0 aliphatic carbocycles. The van der Waals surface area contributed by atoms with Crippen LogP contribution in [0.3, 0.4) is 0 Å². The zero-order valence-corrected chi connectivity index (χ0v) is 9.67. The average Bonchev–Trinajstić information content (AvgIpc) is 2.88. The second-order valence-electron chi connectivity index (χ2n) is 4.55. The van der Waals surface area contributed by atoms with Crippen molar-refractivity contribution < 1.29 is 9.52 Å². The predicted octanol–water partition coefficient (Wildman–Crippen LogP) is 0.982. The van der Waals surface area contributed by atoms with E-state index in [0.717, 1.165) is 25.3 Å². The van der Waals surface area contributed by atoms with Gasteiger partial charge in [-0.25, -0.2) is 0 Å². The summed E-state index contributed by atoms with van der Waals surface area (Å²) in [6, 6.07) is 4.01. The third-order valence-corrected chi connectivity index (χ3v) is 3.47. The fourth-order valence-corrected chi connectivity index (χ4v) is 2.42. The highest BCUT2D eigenvalue weighted by Crippen LogP contribution is 2.28. The van der Waals surface area contributed by atoms with Gasteiger partial charge in [-0.3, -0.25) is 4.90 Å². The van der Waals surface area contributed by atoms with E-state index < -0.39 is 0 Å². The molecule has 0 spiro atoms. The Morgan fingerprint density at radius 2 is 2.50 bits per heavy atom. The van der Waals surface area contributed by atoms with Gasteiger partial charge in [0.25, 0.3) is 0 Å². The topological polar surface area (TPSA) is 62.6 Å². The van der Waals surface area contributed by atoms with Gasteiger partial charge in [0.2, 0.25) is 0 Å². The van der Waals surface area contributed by atoms with Crippen molar-refractivity contribution in [1.82, 2.24) is 4.90 Å². The summed E-state index contributed by atoms with van der Waals surface area (Å²) in [5.74, 6) is 1.29. The highest BCUT2D eigenvalue weighted by atomic mass is 16.3. The highest BCUT2D eigenvalue weighted by Gasteiger charge is 2.31. The summed E-state index contributed by atoms with van der Waals surface area (Å²) in [5, 5.41) is 9.57. The van der Waals surface area contributed by atoms with Gasteiger partial charge in [0, 0.05) is 13.1 Å². The van der Waals surface area contributed by atoms with Crippen molar-refractivity contribution in [3.05, 3.63) is 24.2 Å². The number of nitrogens with zero attached hydrogens (tertiary/aromatic N) is 1. The lowest BCUT2D eigenvalue weighted by molar-refractivity contribution is 0.120. The first-order valence-electron chi connectivity index (χ1n) is 5.88. The van der Waals surface area contributed by atoms with Crippen LogP contribution in [0.1, 0.15) is 25.1 Å². The Labute approximate surface area is 96.0 Å². The van der Waals surface area contributed by atoms with E-state index in [2.05, 4.69) is 4.90 Å². The molecule has 90 valence electrons. The maximum absolute atomic E-state index is 9.57. The molecule has 4 nitrogen and oxygen atoms in total. The Hall–Kier alpha value is -0.840. The summed E-state index contributed by atoms with van der Waals surface area (Å²) in [6.45, 7) is 4.30. The average molecular weight is 224 g/mol. The fourth-order valence-electron chi connectivity index (χ4n) is 2.42. The molecular formula is C12H20N2O2. The van der Waals surface area contributed by atoms with Crippen LogP contribution in [0, 0.1) is 5.92 Å². The predicted molar refractivity (Wildman–Crippen MR) is 61.9 cm³/mol. The van der Waals surface area contributed by atoms with E-state index in [1.807, 2.05) is 19.1 Å². The van der Waals surface area contributed by atoms with Gasteiger partial charge < -0.3 is 15.3 Å². The van der Waals surface area contributed by atoms with Crippen LogP contribution in [0.5, 0.6) is 0 Å². The van der Waals surface area contributed by atoms with Crippen LogP contribution in [0.4, 0.5) is 0 Å². The Kier molecular flexibility index (Phi) is 3.63. The van der Waals surface area contributed by atoms with Gasteiger partial charge in [0.1, 0.15) is 5.76 Å². The van der Waals surface area contributed by atoms with E-state index in [4.69, 9.17) is 10.2 Å². The largest absolute Gasteiger partial charge is 0.468 e. The molecule has 16 heavy (non-hydrogen) atoms. The Morgan fingerprint density at radius 1 is 1.69 bits per heavy atom. The van der Waals surface area contributed by atoms with Crippen LogP contribution in [0.15, 0.2) is 22.8 Å². The van der Waals surface area contributed by atoms with E-state index in [-0.39, 0.29) is 12.1 Å². The molecule has 0 amide bonds. The first-order chi connectivity index (χ1) is 7.72. The zero-order valence-electron chi connectivity index (χ0n) is 9.67. The molecule has 1 aliphatic heterocycles. The van der Waals surface area contributed by atoms with Crippen LogP contribution in [0.2, 0.25) is 0 Å². The molecule has 4 heteroatoms. The summed E-state index contributed by atoms with van der Waals surface area (Å²) < 4.78 is 5.41. The van der Waals surface area contributed by atoms with E-state index in [9.17, 15) is 5.11 Å². The number of aliphatic hydroxyl groups is 1. The van der Waals surface area contributed by atoms with Gasteiger partial charge in [-0.1, -0.05) is 0 Å². The molecule has 0 radical (unpaired) electrons. The van der Waals surface area contributed by atoms with Crippen molar-refractivity contribution in [2.75, 3.05) is 19.6 Å². The number of likely N-dealkylation sites (tertiary alicyclic amines) is 1. The first-order valence-corrected chi connectivity index (χ1v) is 5.88. The fraction of sp³-hybridized carbons (Fsp3) is 0.667. The van der Waals surface area contributed by atoms with Crippen LogP contribution in [0.25, 0.3) is 0 Å². The summed E-state index contributed by atoms with van der Waals surface area (Å²) in [5.41, 5.74) is 5.80. The Bertz CT molecular complexity index is 311. The molecular weight excluding hydrogens is 204 g/mol. The molecule has 1 saturated heterocycles. The standard InChI is InChI=1S/C12H20N2O2/c1-9(15)10-4-5-14(8-10)11(7-13)12-3-2-6-16-12/h2-3,6,9-11,15H,4-5,7-8,13H2,1H3. The van der Waals surface area contributed by atoms with E-state index in [1.165, 1.54) is 0 Å². The minimum absolute atomic E-state index is 0.152. The van der Waals surface area contributed by atoms with E-state index in [1.54, 1.807) is 6.26 Å².